The third-order valence-electron chi connectivity index (χ3n) is 3.08. The fourth-order valence-corrected chi connectivity index (χ4v) is 2.13. The minimum atomic E-state index is -2.61. The van der Waals surface area contributed by atoms with Crippen molar-refractivity contribution >= 4 is 18.8 Å². The van der Waals surface area contributed by atoms with Crippen LogP contribution in [0.15, 0.2) is 72.0 Å². The summed E-state index contributed by atoms with van der Waals surface area (Å²) in [5, 5.41) is 0. The largest absolute Gasteiger partial charge is 0.677 e. The van der Waals surface area contributed by atoms with Crippen LogP contribution in [0.4, 0.5) is 14.3 Å². The number of rotatable bonds is 4. The minimum Gasteiger partial charge on any atom is -0.360 e. The third-order valence-corrected chi connectivity index (χ3v) is 3.08. The number of aromatic nitrogens is 2. The van der Waals surface area contributed by atoms with Crippen molar-refractivity contribution in [3.63, 3.8) is 0 Å². The van der Waals surface area contributed by atoms with Crippen LogP contribution >= 0.6 is 0 Å². The Kier molecular flexibility index (Phi) is 3.68. The van der Waals surface area contributed by atoms with E-state index in [9.17, 15) is 8.63 Å². The van der Waals surface area contributed by atoms with Gasteiger partial charge in [0.05, 0.1) is 17.1 Å². The minimum absolute atomic E-state index is 0.372. The van der Waals surface area contributed by atoms with E-state index in [4.69, 9.17) is 0 Å². The Morgan fingerprint density at radius 1 is 1.00 bits per heavy atom. The average molecular weight is 283 g/mol. The van der Waals surface area contributed by atoms with Crippen molar-refractivity contribution in [2.45, 2.75) is 0 Å². The number of hydrogen-bond donors (Lipinski definition) is 1. The van der Waals surface area contributed by atoms with E-state index in [0.717, 1.165) is 4.48 Å². The molecule has 0 amide bonds. The van der Waals surface area contributed by atoms with Gasteiger partial charge in [-0.15, -0.1) is 0 Å². The fourth-order valence-electron chi connectivity index (χ4n) is 2.13. The molecule has 0 aliphatic carbocycles. The van der Waals surface area contributed by atoms with Gasteiger partial charge in [-0.1, -0.05) is 18.2 Å². The van der Waals surface area contributed by atoms with Gasteiger partial charge in [-0.05, 0) is 42.6 Å². The predicted octanol–water partition coefficient (Wildman–Crippen LogP) is 3.76. The Bertz CT molecular complexity index is 733. The van der Waals surface area contributed by atoms with Crippen LogP contribution in [0.5, 0.6) is 0 Å². The van der Waals surface area contributed by atoms with E-state index < -0.39 is 7.40 Å². The van der Waals surface area contributed by atoms with Crippen molar-refractivity contribution in [3.05, 3.63) is 78.4 Å². The Morgan fingerprint density at radius 3 is 2.48 bits per heavy atom. The van der Waals surface area contributed by atoms with Gasteiger partial charge in [-0.3, -0.25) is 8.63 Å². The molecule has 0 spiro atoms. The summed E-state index contributed by atoms with van der Waals surface area (Å²) in [5.41, 5.74) is 2.26. The highest BCUT2D eigenvalue weighted by molar-refractivity contribution is 6.42. The molecular weight excluding hydrogens is 271 g/mol. The number of para-hydroxylation sites is 1. The number of aromatic amines is 1. The fraction of sp³-hybridized carbons (Fsp3) is 0. The molecule has 6 heteroatoms. The lowest BCUT2D eigenvalue weighted by Gasteiger charge is -2.08. The summed E-state index contributed by atoms with van der Waals surface area (Å²) in [7, 11) is -2.61. The van der Waals surface area contributed by atoms with E-state index in [1.54, 1.807) is 18.3 Å². The lowest BCUT2D eigenvalue weighted by molar-refractivity contribution is 0.629. The van der Waals surface area contributed by atoms with Gasteiger partial charge in [0, 0.05) is 6.20 Å². The highest BCUT2D eigenvalue weighted by Gasteiger charge is 2.22. The third kappa shape index (κ3) is 2.79. The zero-order chi connectivity index (χ0) is 14.7. The Hall–Kier alpha value is -2.63. The zero-order valence-corrected chi connectivity index (χ0v) is 11.1. The van der Waals surface area contributed by atoms with Gasteiger partial charge in [0.1, 0.15) is 5.71 Å². The molecule has 3 aromatic rings. The number of aliphatic imine (C=N–C) groups is 1. The average Bonchev–Trinajstić information content (AvgIpc) is 3.17. The maximum atomic E-state index is 13.1. The molecule has 0 fully saturated rings. The zero-order valence-electron chi connectivity index (χ0n) is 11.1. The number of halogens is 2. The van der Waals surface area contributed by atoms with Crippen molar-refractivity contribution in [2.75, 3.05) is 0 Å². The Balaban J connectivity index is 2.14. The van der Waals surface area contributed by atoms with Gasteiger partial charge in [0.2, 0.25) is 0 Å². The van der Waals surface area contributed by atoms with Crippen LogP contribution in [0.3, 0.4) is 0 Å². The maximum Gasteiger partial charge on any atom is 0.677 e. The Morgan fingerprint density at radius 2 is 1.81 bits per heavy atom. The lowest BCUT2D eigenvalue weighted by Crippen LogP contribution is -2.19. The number of nitrogens with zero attached hydrogens (tertiary/aromatic N) is 2. The molecule has 0 saturated carbocycles. The molecular formula is C15H12BF2N3. The molecule has 0 atom stereocenters. The van der Waals surface area contributed by atoms with E-state index in [1.165, 1.54) is 6.20 Å². The summed E-state index contributed by atoms with van der Waals surface area (Å²) in [6, 6.07) is 16.1. The molecule has 0 radical (unpaired) electrons. The molecule has 2 aromatic heterocycles. The number of H-pyrrole nitrogens is 1. The SMILES string of the molecule is FB(F)n1cccc1C(=Nc1ccccc1)c1ccc[nH]1. The first-order chi connectivity index (χ1) is 10.3. The highest BCUT2D eigenvalue weighted by Crippen LogP contribution is 2.18. The van der Waals surface area contributed by atoms with Crippen molar-refractivity contribution in [1.29, 1.82) is 0 Å². The van der Waals surface area contributed by atoms with Gasteiger partial charge in [-0.25, -0.2) is 4.99 Å². The normalized spacial score (nSPS) is 11.6. The van der Waals surface area contributed by atoms with Crippen molar-refractivity contribution in [3.8, 4) is 0 Å². The maximum absolute atomic E-state index is 13.1. The first kappa shape index (κ1) is 13.4. The van der Waals surface area contributed by atoms with Crippen LogP contribution in [0.1, 0.15) is 11.4 Å². The quantitative estimate of drug-likeness (QED) is 0.558. The van der Waals surface area contributed by atoms with E-state index in [1.807, 2.05) is 42.5 Å². The monoisotopic (exact) mass is 283 g/mol. The molecule has 1 N–H and O–H groups in total. The second-order valence-corrected chi connectivity index (χ2v) is 4.46. The van der Waals surface area contributed by atoms with Gasteiger partial charge < -0.3 is 9.46 Å². The summed E-state index contributed by atoms with van der Waals surface area (Å²) < 4.78 is 27.1. The van der Waals surface area contributed by atoms with Gasteiger partial charge in [0.25, 0.3) is 0 Å². The van der Waals surface area contributed by atoms with Crippen molar-refractivity contribution in [2.24, 2.45) is 4.99 Å². The number of hydrogen-bond acceptors (Lipinski definition) is 1. The van der Waals surface area contributed by atoms with Crippen LogP contribution in [0.25, 0.3) is 0 Å². The van der Waals surface area contributed by atoms with Gasteiger partial charge in [-0.2, -0.15) is 0 Å². The van der Waals surface area contributed by atoms with Gasteiger partial charge >= 0.3 is 7.40 Å². The van der Waals surface area contributed by atoms with E-state index >= 15 is 0 Å². The van der Waals surface area contributed by atoms with Crippen LogP contribution in [-0.4, -0.2) is 22.6 Å². The predicted molar refractivity (Wildman–Crippen MR) is 80.3 cm³/mol. The first-order valence-corrected chi connectivity index (χ1v) is 6.48. The molecule has 0 bridgehead atoms. The van der Waals surface area contributed by atoms with Crippen LogP contribution in [0, 0.1) is 0 Å². The summed E-state index contributed by atoms with van der Waals surface area (Å²) in [5.74, 6) is 0. The molecule has 0 saturated heterocycles. The molecule has 0 aliphatic rings. The van der Waals surface area contributed by atoms with Crippen LogP contribution in [-0.2, 0) is 0 Å². The summed E-state index contributed by atoms with van der Waals surface area (Å²) in [4.78, 5) is 7.54. The molecule has 1 aromatic carbocycles. The number of nitrogens with one attached hydrogen (secondary N) is 1. The standard InChI is InChI=1S/C15H12BF2N3/c17-16(18)21-11-5-9-14(21)15(13-8-4-10-19-13)20-12-6-2-1-3-7-12/h1-11,19H. The lowest BCUT2D eigenvalue weighted by atomic mass is 10.1. The van der Waals surface area contributed by atoms with Gasteiger partial charge in [0.15, 0.2) is 0 Å². The van der Waals surface area contributed by atoms with E-state index in [-0.39, 0.29) is 0 Å². The smallest absolute Gasteiger partial charge is 0.360 e. The molecule has 21 heavy (non-hydrogen) atoms. The molecule has 3 rings (SSSR count). The molecule has 0 aliphatic heterocycles. The summed E-state index contributed by atoms with van der Waals surface area (Å²) in [6.07, 6.45) is 3.09. The van der Waals surface area contributed by atoms with Crippen molar-refractivity contribution in [1.82, 2.24) is 9.46 Å². The molecule has 104 valence electrons. The summed E-state index contributed by atoms with van der Waals surface area (Å²) in [6.45, 7) is 0. The van der Waals surface area contributed by atoms with Crippen molar-refractivity contribution < 1.29 is 8.63 Å². The second kappa shape index (κ2) is 5.79. The van der Waals surface area contributed by atoms with Crippen LogP contribution in [0.2, 0.25) is 0 Å². The molecule has 3 nitrogen and oxygen atoms in total. The topological polar surface area (TPSA) is 33.1 Å². The Labute approximate surface area is 121 Å². The second-order valence-electron chi connectivity index (χ2n) is 4.46. The molecule has 0 unspecified atom stereocenters. The first-order valence-electron chi connectivity index (χ1n) is 6.48. The van der Waals surface area contributed by atoms with Crippen LogP contribution < -0.4 is 0 Å². The number of benzene rings is 1. The van der Waals surface area contributed by atoms with E-state index in [0.29, 0.717) is 22.8 Å². The van der Waals surface area contributed by atoms with E-state index in [2.05, 4.69) is 9.98 Å². The highest BCUT2D eigenvalue weighted by atomic mass is 19.2. The molecule has 2 heterocycles. The summed E-state index contributed by atoms with van der Waals surface area (Å²) >= 11 is 0.